The minimum absolute atomic E-state index is 0.197. The van der Waals surface area contributed by atoms with Crippen molar-refractivity contribution in [3.63, 3.8) is 0 Å². The molecule has 1 aliphatic rings. The normalized spacial score (nSPS) is 18.7. The number of aromatic nitrogens is 2. The molecule has 2 N–H and O–H groups in total. The third-order valence-corrected chi connectivity index (χ3v) is 4.94. The molecule has 1 aromatic rings. The van der Waals surface area contributed by atoms with Gasteiger partial charge in [-0.15, -0.1) is 0 Å². The van der Waals surface area contributed by atoms with Gasteiger partial charge in [-0.25, -0.2) is 0 Å². The lowest BCUT2D eigenvalue weighted by Crippen LogP contribution is -2.55. The van der Waals surface area contributed by atoms with Gasteiger partial charge in [-0.3, -0.25) is 9.48 Å². The molecular weight excluding hydrogens is 298 g/mol. The number of rotatable bonds is 5. The van der Waals surface area contributed by atoms with Gasteiger partial charge in [-0.2, -0.15) is 5.10 Å². The summed E-state index contributed by atoms with van der Waals surface area (Å²) in [6.45, 7) is 4.22. The topological polar surface area (TPSA) is 67.2 Å². The van der Waals surface area contributed by atoms with E-state index in [0.717, 1.165) is 28.7 Å². The van der Waals surface area contributed by atoms with Crippen LogP contribution in [0.3, 0.4) is 0 Å². The number of carboxylic acid groups (broad SMARTS) is 1. The van der Waals surface area contributed by atoms with E-state index in [-0.39, 0.29) is 5.92 Å². The lowest BCUT2D eigenvalue weighted by molar-refractivity contribution is -0.146. The van der Waals surface area contributed by atoms with E-state index in [1.54, 1.807) is 11.7 Å². The highest BCUT2D eigenvalue weighted by Crippen LogP contribution is 2.41. The Hall–Kier alpha value is -0.880. The van der Waals surface area contributed by atoms with Crippen molar-refractivity contribution in [2.75, 3.05) is 7.05 Å². The number of hydrogen-bond acceptors (Lipinski definition) is 3. The number of carbonyl (C=O) groups is 1. The van der Waals surface area contributed by atoms with Crippen molar-refractivity contribution in [3.05, 3.63) is 15.9 Å². The van der Waals surface area contributed by atoms with Crippen LogP contribution in [0.15, 0.2) is 4.47 Å². The predicted molar refractivity (Wildman–Crippen MR) is 71.6 cm³/mol. The highest BCUT2D eigenvalue weighted by atomic mass is 79.9. The first-order valence-electron chi connectivity index (χ1n) is 6.04. The van der Waals surface area contributed by atoms with Gasteiger partial charge < -0.3 is 10.4 Å². The molecule has 5 nitrogen and oxygen atoms in total. The van der Waals surface area contributed by atoms with Crippen LogP contribution in [0.4, 0.5) is 0 Å². The minimum Gasteiger partial charge on any atom is -0.480 e. The van der Waals surface area contributed by atoms with E-state index in [0.29, 0.717) is 6.54 Å². The fourth-order valence-corrected chi connectivity index (χ4v) is 2.69. The highest BCUT2D eigenvalue weighted by molar-refractivity contribution is 9.10. The first-order valence-corrected chi connectivity index (χ1v) is 6.83. The van der Waals surface area contributed by atoms with Crippen LogP contribution in [0.1, 0.15) is 24.2 Å². The van der Waals surface area contributed by atoms with Gasteiger partial charge in [0.15, 0.2) is 0 Å². The van der Waals surface area contributed by atoms with Gasteiger partial charge >= 0.3 is 5.97 Å². The summed E-state index contributed by atoms with van der Waals surface area (Å²) in [6, 6.07) is 0. The van der Waals surface area contributed by atoms with E-state index in [1.165, 1.54) is 0 Å². The van der Waals surface area contributed by atoms with Crippen molar-refractivity contribution in [3.8, 4) is 0 Å². The number of carboxylic acids is 1. The average molecular weight is 316 g/mol. The molecule has 0 bridgehead atoms. The SMILES string of the molecule is CNC(Cn1nc(C)c(Br)c1C)(C(=O)O)C1CC1. The summed E-state index contributed by atoms with van der Waals surface area (Å²) < 4.78 is 2.73. The largest absolute Gasteiger partial charge is 0.480 e. The molecular formula is C12H18BrN3O2. The molecule has 1 aromatic heterocycles. The molecule has 18 heavy (non-hydrogen) atoms. The van der Waals surface area contributed by atoms with Crippen molar-refractivity contribution in [1.29, 1.82) is 0 Å². The number of hydrogen-bond donors (Lipinski definition) is 2. The number of halogens is 1. The standard InChI is InChI=1S/C12H18BrN3O2/c1-7-10(13)8(2)16(15-7)6-12(14-3,11(17)18)9-4-5-9/h9,14H,4-6H2,1-3H3,(H,17,18). The van der Waals surface area contributed by atoms with E-state index in [2.05, 4.69) is 26.3 Å². The molecule has 1 aliphatic carbocycles. The molecule has 0 radical (unpaired) electrons. The van der Waals surface area contributed by atoms with Gasteiger partial charge in [-0.05, 0) is 55.6 Å². The van der Waals surface area contributed by atoms with Crippen LogP contribution >= 0.6 is 15.9 Å². The van der Waals surface area contributed by atoms with Gasteiger partial charge in [0, 0.05) is 5.69 Å². The fraction of sp³-hybridized carbons (Fsp3) is 0.667. The summed E-state index contributed by atoms with van der Waals surface area (Å²) in [4.78, 5) is 11.6. The first-order chi connectivity index (χ1) is 8.42. The summed E-state index contributed by atoms with van der Waals surface area (Å²) in [5.74, 6) is -0.598. The number of likely N-dealkylation sites (N-methyl/N-ethyl adjacent to an activating group) is 1. The Morgan fingerprint density at radius 2 is 2.22 bits per heavy atom. The third-order valence-electron chi connectivity index (χ3n) is 3.79. The molecule has 0 saturated heterocycles. The second kappa shape index (κ2) is 4.66. The Kier molecular flexibility index (Phi) is 3.51. The van der Waals surface area contributed by atoms with Gasteiger partial charge in [-0.1, -0.05) is 0 Å². The maximum atomic E-state index is 11.6. The summed E-state index contributed by atoms with van der Waals surface area (Å²) in [5, 5.41) is 17.0. The monoisotopic (exact) mass is 315 g/mol. The van der Waals surface area contributed by atoms with Gasteiger partial charge in [0.05, 0.1) is 16.7 Å². The first kappa shape index (κ1) is 13.5. The van der Waals surface area contributed by atoms with Gasteiger partial charge in [0.25, 0.3) is 0 Å². The van der Waals surface area contributed by atoms with Crippen molar-refractivity contribution in [2.45, 2.75) is 38.8 Å². The van der Waals surface area contributed by atoms with Crippen LogP contribution in [0, 0.1) is 19.8 Å². The van der Waals surface area contributed by atoms with E-state index in [9.17, 15) is 9.90 Å². The summed E-state index contributed by atoms with van der Waals surface area (Å²) in [7, 11) is 1.72. The maximum Gasteiger partial charge on any atom is 0.326 e. The second-order valence-electron chi connectivity index (χ2n) is 4.94. The highest BCUT2D eigenvalue weighted by Gasteiger charge is 2.51. The van der Waals surface area contributed by atoms with Crippen LogP contribution in [0.2, 0.25) is 0 Å². The Labute approximate surface area is 115 Å². The fourth-order valence-electron chi connectivity index (χ4n) is 2.40. The molecule has 1 atom stereocenters. The third kappa shape index (κ3) is 2.07. The molecule has 0 spiro atoms. The Balaban J connectivity index is 2.34. The molecule has 1 heterocycles. The number of aliphatic carboxylic acids is 1. The van der Waals surface area contributed by atoms with E-state index < -0.39 is 11.5 Å². The molecule has 1 saturated carbocycles. The summed E-state index contributed by atoms with van der Waals surface area (Å²) in [6.07, 6.45) is 1.93. The lowest BCUT2D eigenvalue weighted by atomic mass is 9.93. The molecule has 100 valence electrons. The van der Waals surface area contributed by atoms with E-state index in [4.69, 9.17) is 0 Å². The molecule has 0 amide bonds. The second-order valence-corrected chi connectivity index (χ2v) is 5.74. The Morgan fingerprint density at radius 3 is 2.56 bits per heavy atom. The summed E-state index contributed by atoms with van der Waals surface area (Å²) >= 11 is 3.47. The molecule has 6 heteroatoms. The van der Waals surface area contributed by atoms with Gasteiger partial charge in [0.1, 0.15) is 5.54 Å². The quantitative estimate of drug-likeness (QED) is 0.868. The molecule has 0 aliphatic heterocycles. The zero-order valence-corrected chi connectivity index (χ0v) is 12.4. The van der Waals surface area contributed by atoms with Crippen LogP contribution in [-0.2, 0) is 11.3 Å². The molecule has 0 aromatic carbocycles. The van der Waals surface area contributed by atoms with Gasteiger partial charge in [0.2, 0.25) is 0 Å². The number of nitrogens with zero attached hydrogens (tertiary/aromatic N) is 2. The average Bonchev–Trinajstić information content (AvgIpc) is 3.13. The van der Waals surface area contributed by atoms with Crippen molar-refractivity contribution < 1.29 is 9.90 Å². The summed E-state index contributed by atoms with van der Waals surface area (Å²) in [5.41, 5.74) is 0.954. The van der Waals surface area contributed by atoms with Crippen LogP contribution in [0.5, 0.6) is 0 Å². The molecule has 2 rings (SSSR count). The molecule has 1 fully saturated rings. The Bertz CT molecular complexity index is 482. The zero-order valence-electron chi connectivity index (χ0n) is 10.8. The Morgan fingerprint density at radius 1 is 1.61 bits per heavy atom. The lowest BCUT2D eigenvalue weighted by Gasteiger charge is -2.29. The number of nitrogens with one attached hydrogen (secondary N) is 1. The van der Waals surface area contributed by atoms with Crippen molar-refractivity contribution >= 4 is 21.9 Å². The van der Waals surface area contributed by atoms with Crippen LogP contribution < -0.4 is 5.32 Å². The zero-order chi connectivity index (χ0) is 13.5. The van der Waals surface area contributed by atoms with Crippen molar-refractivity contribution in [1.82, 2.24) is 15.1 Å². The smallest absolute Gasteiger partial charge is 0.326 e. The van der Waals surface area contributed by atoms with E-state index in [1.807, 2.05) is 13.8 Å². The number of aryl methyl sites for hydroxylation is 1. The maximum absolute atomic E-state index is 11.6. The minimum atomic E-state index is -0.900. The van der Waals surface area contributed by atoms with Crippen molar-refractivity contribution in [2.24, 2.45) is 5.92 Å². The van der Waals surface area contributed by atoms with Crippen LogP contribution in [0.25, 0.3) is 0 Å². The van der Waals surface area contributed by atoms with Crippen LogP contribution in [-0.4, -0.2) is 33.4 Å². The predicted octanol–water partition coefficient (Wildman–Crippen LogP) is 1.72. The van der Waals surface area contributed by atoms with E-state index >= 15 is 0 Å². The molecule has 1 unspecified atom stereocenters.